The standard InChI is InChI=1S/C22H26FNO/c1-24(2)16-20-10-6-9-19(15-17-7-4-3-5-8-17)22(20,25)18-11-13-21(23)14-12-18/h3-5,7-8,11-15,20,25H,6,9-10,16H2,1-2H3. The van der Waals surface area contributed by atoms with Gasteiger partial charge in [-0.25, -0.2) is 4.39 Å². The molecular weight excluding hydrogens is 313 g/mol. The maximum Gasteiger partial charge on any atom is 0.123 e. The summed E-state index contributed by atoms with van der Waals surface area (Å²) in [6.45, 7) is 0.792. The van der Waals surface area contributed by atoms with Gasteiger partial charge in [0.1, 0.15) is 11.4 Å². The Labute approximate surface area is 149 Å². The third kappa shape index (κ3) is 3.83. The normalized spacial score (nSPS) is 25.5. The van der Waals surface area contributed by atoms with E-state index >= 15 is 0 Å². The Hall–Kier alpha value is -1.97. The third-order valence-electron chi connectivity index (χ3n) is 5.09. The van der Waals surface area contributed by atoms with Crippen LogP contribution in [0, 0.1) is 11.7 Å². The second kappa shape index (κ2) is 7.51. The SMILES string of the molecule is CN(C)CC1CCCC(=Cc2ccccc2)C1(O)c1ccc(F)cc1. The van der Waals surface area contributed by atoms with Crippen molar-refractivity contribution in [3.63, 3.8) is 0 Å². The first-order chi connectivity index (χ1) is 12.0. The van der Waals surface area contributed by atoms with E-state index in [1.165, 1.54) is 12.1 Å². The van der Waals surface area contributed by atoms with Crippen molar-refractivity contribution in [3.8, 4) is 0 Å². The zero-order valence-electron chi connectivity index (χ0n) is 15.0. The molecule has 2 atom stereocenters. The summed E-state index contributed by atoms with van der Waals surface area (Å²) in [7, 11) is 4.06. The van der Waals surface area contributed by atoms with E-state index in [1.54, 1.807) is 12.1 Å². The van der Waals surface area contributed by atoms with E-state index in [-0.39, 0.29) is 11.7 Å². The van der Waals surface area contributed by atoms with Crippen LogP contribution >= 0.6 is 0 Å². The van der Waals surface area contributed by atoms with Gasteiger partial charge in [0.25, 0.3) is 0 Å². The molecule has 1 aliphatic carbocycles. The fourth-order valence-electron chi connectivity index (χ4n) is 3.92. The van der Waals surface area contributed by atoms with Gasteiger partial charge in [-0.2, -0.15) is 0 Å². The summed E-state index contributed by atoms with van der Waals surface area (Å²) >= 11 is 0. The van der Waals surface area contributed by atoms with Crippen LogP contribution in [-0.2, 0) is 5.60 Å². The highest BCUT2D eigenvalue weighted by molar-refractivity contribution is 5.57. The highest BCUT2D eigenvalue weighted by atomic mass is 19.1. The molecule has 1 fully saturated rings. The highest BCUT2D eigenvalue weighted by Crippen LogP contribution is 2.46. The van der Waals surface area contributed by atoms with Gasteiger partial charge < -0.3 is 10.0 Å². The molecule has 0 heterocycles. The smallest absolute Gasteiger partial charge is 0.123 e. The van der Waals surface area contributed by atoms with Crippen molar-refractivity contribution in [2.24, 2.45) is 5.92 Å². The summed E-state index contributed by atoms with van der Waals surface area (Å²) in [5, 5.41) is 11.8. The van der Waals surface area contributed by atoms with Gasteiger partial charge in [0.15, 0.2) is 0 Å². The maximum absolute atomic E-state index is 13.4. The fourth-order valence-corrected chi connectivity index (χ4v) is 3.92. The van der Waals surface area contributed by atoms with Crippen LogP contribution in [0.4, 0.5) is 4.39 Å². The zero-order valence-corrected chi connectivity index (χ0v) is 15.0. The Morgan fingerprint density at radius 1 is 1.12 bits per heavy atom. The Bertz CT molecular complexity index is 723. The molecule has 2 aromatic carbocycles. The maximum atomic E-state index is 13.4. The van der Waals surface area contributed by atoms with Crippen LogP contribution in [0.1, 0.15) is 30.4 Å². The molecule has 0 aromatic heterocycles. The Kier molecular flexibility index (Phi) is 5.36. The average molecular weight is 339 g/mol. The van der Waals surface area contributed by atoms with E-state index in [0.29, 0.717) is 0 Å². The van der Waals surface area contributed by atoms with Crippen LogP contribution in [0.25, 0.3) is 6.08 Å². The number of rotatable bonds is 4. The Balaban J connectivity index is 2.08. The minimum atomic E-state index is -1.06. The quantitative estimate of drug-likeness (QED) is 0.889. The van der Waals surface area contributed by atoms with Gasteiger partial charge in [0.2, 0.25) is 0 Å². The summed E-state index contributed by atoms with van der Waals surface area (Å²) in [5.74, 6) is -0.197. The molecule has 0 aliphatic heterocycles. The lowest BCUT2D eigenvalue weighted by molar-refractivity contribution is -0.0174. The molecule has 25 heavy (non-hydrogen) atoms. The van der Waals surface area contributed by atoms with Crippen LogP contribution in [0.5, 0.6) is 0 Å². The summed E-state index contributed by atoms with van der Waals surface area (Å²) in [5.41, 5.74) is 1.82. The van der Waals surface area contributed by atoms with Crippen molar-refractivity contribution < 1.29 is 9.50 Å². The van der Waals surface area contributed by atoms with Crippen LogP contribution in [0.3, 0.4) is 0 Å². The van der Waals surface area contributed by atoms with Crippen molar-refractivity contribution in [1.82, 2.24) is 4.90 Å². The first-order valence-electron chi connectivity index (χ1n) is 8.89. The van der Waals surface area contributed by atoms with Crippen molar-refractivity contribution in [2.45, 2.75) is 24.9 Å². The number of halogens is 1. The number of aliphatic hydroxyl groups is 1. The number of hydrogen-bond acceptors (Lipinski definition) is 2. The molecule has 1 saturated carbocycles. The van der Waals surface area contributed by atoms with E-state index in [2.05, 4.69) is 11.0 Å². The van der Waals surface area contributed by atoms with E-state index in [0.717, 1.165) is 42.5 Å². The van der Waals surface area contributed by atoms with Crippen LogP contribution in [0.2, 0.25) is 0 Å². The molecule has 2 unspecified atom stereocenters. The molecule has 3 rings (SSSR count). The molecule has 132 valence electrons. The van der Waals surface area contributed by atoms with Gasteiger partial charge in [-0.15, -0.1) is 0 Å². The second-order valence-electron chi connectivity index (χ2n) is 7.20. The summed E-state index contributed by atoms with van der Waals surface area (Å²) in [4.78, 5) is 2.12. The largest absolute Gasteiger partial charge is 0.380 e. The van der Waals surface area contributed by atoms with Crippen molar-refractivity contribution >= 4 is 6.08 Å². The topological polar surface area (TPSA) is 23.5 Å². The van der Waals surface area contributed by atoms with Gasteiger partial charge in [-0.1, -0.05) is 48.5 Å². The van der Waals surface area contributed by atoms with Crippen LogP contribution in [0.15, 0.2) is 60.2 Å². The predicted octanol–water partition coefficient (Wildman–Crippen LogP) is 4.46. The minimum absolute atomic E-state index is 0.0803. The first kappa shape index (κ1) is 17.8. The second-order valence-corrected chi connectivity index (χ2v) is 7.20. The Morgan fingerprint density at radius 3 is 2.44 bits per heavy atom. The third-order valence-corrected chi connectivity index (χ3v) is 5.09. The molecule has 2 aromatic rings. The molecule has 0 amide bonds. The van der Waals surface area contributed by atoms with Crippen molar-refractivity contribution in [3.05, 3.63) is 77.1 Å². The molecule has 0 bridgehead atoms. The lowest BCUT2D eigenvalue weighted by Crippen LogP contribution is -2.44. The molecule has 1 aliphatic rings. The Morgan fingerprint density at radius 2 is 1.80 bits per heavy atom. The lowest BCUT2D eigenvalue weighted by atomic mass is 9.67. The van der Waals surface area contributed by atoms with E-state index in [9.17, 15) is 9.50 Å². The van der Waals surface area contributed by atoms with Gasteiger partial charge >= 0.3 is 0 Å². The minimum Gasteiger partial charge on any atom is -0.380 e. The van der Waals surface area contributed by atoms with Gasteiger partial charge in [0, 0.05) is 12.5 Å². The molecular formula is C22H26FNO. The lowest BCUT2D eigenvalue weighted by Gasteiger charge is -2.44. The van der Waals surface area contributed by atoms with E-state index in [4.69, 9.17) is 0 Å². The summed E-state index contributed by atoms with van der Waals surface area (Å²) in [6.07, 6.45) is 4.97. The molecule has 0 radical (unpaired) electrons. The number of nitrogens with zero attached hydrogens (tertiary/aromatic N) is 1. The van der Waals surface area contributed by atoms with E-state index in [1.807, 2.05) is 44.4 Å². The number of benzene rings is 2. The molecule has 2 nitrogen and oxygen atoms in total. The summed E-state index contributed by atoms with van der Waals surface area (Å²) in [6, 6.07) is 16.4. The highest BCUT2D eigenvalue weighted by Gasteiger charge is 2.44. The van der Waals surface area contributed by atoms with Crippen molar-refractivity contribution in [2.75, 3.05) is 20.6 Å². The molecule has 0 spiro atoms. The predicted molar refractivity (Wildman–Crippen MR) is 101 cm³/mol. The monoisotopic (exact) mass is 339 g/mol. The van der Waals surface area contributed by atoms with Gasteiger partial charge in [-0.3, -0.25) is 0 Å². The van der Waals surface area contributed by atoms with Gasteiger partial charge in [-0.05, 0) is 62.2 Å². The van der Waals surface area contributed by atoms with Crippen molar-refractivity contribution in [1.29, 1.82) is 0 Å². The summed E-state index contributed by atoms with van der Waals surface area (Å²) < 4.78 is 13.4. The first-order valence-corrected chi connectivity index (χ1v) is 8.89. The number of hydrogen-bond donors (Lipinski definition) is 1. The molecule has 0 saturated heterocycles. The van der Waals surface area contributed by atoms with Crippen LogP contribution in [-0.4, -0.2) is 30.6 Å². The molecule has 1 N–H and O–H groups in total. The zero-order chi connectivity index (χ0) is 17.9. The van der Waals surface area contributed by atoms with Crippen LogP contribution < -0.4 is 0 Å². The molecule has 3 heteroatoms. The average Bonchev–Trinajstić information content (AvgIpc) is 2.60. The van der Waals surface area contributed by atoms with E-state index < -0.39 is 5.60 Å². The fraction of sp³-hybridized carbons (Fsp3) is 0.364. The van der Waals surface area contributed by atoms with Gasteiger partial charge in [0.05, 0.1) is 0 Å².